The van der Waals surface area contributed by atoms with Gasteiger partial charge in [0.15, 0.2) is 0 Å². The maximum absolute atomic E-state index is 11.4. The summed E-state index contributed by atoms with van der Waals surface area (Å²) in [4.78, 5) is 11.4. The summed E-state index contributed by atoms with van der Waals surface area (Å²) in [5, 5.41) is 14.3. The van der Waals surface area contributed by atoms with Gasteiger partial charge in [-0.2, -0.15) is 0 Å². The molecule has 1 atom stereocenters. The average molecular weight is 322 g/mol. The zero-order valence-corrected chi connectivity index (χ0v) is 12.6. The van der Waals surface area contributed by atoms with Crippen molar-refractivity contribution in [3.05, 3.63) is 63.1 Å². The second-order valence-electron chi connectivity index (χ2n) is 5.03. The van der Waals surface area contributed by atoms with E-state index >= 15 is 0 Å². The van der Waals surface area contributed by atoms with E-state index in [-0.39, 0.29) is 5.91 Å². The van der Waals surface area contributed by atoms with E-state index in [1.807, 2.05) is 12.1 Å². The topological polar surface area (TPSA) is 49.3 Å². The Morgan fingerprint density at radius 3 is 2.71 bits per heavy atom. The Labute approximate surface area is 132 Å². The first-order chi connectivity index (χ1) is 10.0. The van der Waals surface area contributed by atoms with Crippen molar-refractivity contribution in [2.45, 2.75) is 18.9 Å². The number of fused-ring (bicyclic) bond motifs is 1. The van der Waals surface area contributed by atoms with Crippen LogP contribution in [0.1, 0.15) is 29.2 Å². The lowest BCUT2D eigenvalue weighted by molar-refractivity contribution is -0.116. The number of anilines is 1. The molecule has 0 radical (unpaired) electrons. The Bertz CT molecular complexity index is 715. The van der Waals surface area contributed by atoms with Crippen LogP contribution in [0.5, 0.6) is 0 Å². The standard InChI is InChI=1S/C16H13Cl2NO2/c17-11-3-4-13(18)12(8-11)16(21)10-1-5-14-9(7-10)2-6-15(20)19-14/h1,3-5,7-8,16,21H,2,6H2,(H,19,20). The highest BCUT2D eigenvalue weighted by atomic mass is 35.5. The van der Waals surface area contributed by atoms with Crippen LogP contribution in [-0.2, 0) is 11.2 Å². The van der Waals surface area contributed by atoms with Crippen LogP contribution in [0.4, 0.5) is 5.69 Å². The molecule has 0 aromatic heterocycles. The van der Waals surface area contributed by atoms with Crippen LogP contribution >= 0.6 is 23.2 Å². The molecule has 2 aromatic carbocycles. The third-order valence-electron chi connectivity index (χ3n) is 3.59. The molecule has 1 heterocycles. The molecule has 108 valence electrons. The maximum Gasteiger partial charge on any atom is 0.224 e. The molecule has 5 heteroatoms. The molecule has 0 saturated heterocycles. The Morgan fingerprint density at radius 1 is 1.10 bits per heavy atom. The Kier molecular flexibility index (Phi) is 3.89. The lowest BCUT2D eigenvalue weighted by Gasteiger charge is -2.20. The highest BCUT2D eigenvalue weighted by Gasteiger charge is 2.19. The third kappa shape index (κ3) is 2.91. The predicted octanol–water partition coefficient (Wildman–Crippen LogP) is 3.96. The van der Waals surface area contributed by atoms with Crippen molar-refractivity contribution in [1.29, 1.82) is 0 Å². The van der Waals surface area contributed by atoms with Crippen molar-refractivity contribution in [1.82, 2.24) is 0 Å². The first-order valence-electron chi connectivity index (χ1n) is 6.60. The maximum atomic E-state index is 11.4. The van der Waals surface area contributed by atoms with Crippen LogP contribution in [0.2, 0.25) is 10.0 Å². The van der Waals surface area contributed by atoms with E-state index in [2.05, 4.69) is 5.32 Å². The van der Waals surface area contributed by atoms with Gasteiger partial charge in [-0.15, -0.1) is 0 Å². The second-order valence-corrected chi connectivity index (χ2v) is 5.88. The van der Waals surface area contributed by atoms with Gasteiger partial charge in [0.25, 0.3) is 0 Å². The number of hydrogen-bond acceptors (Lipinski definition) is 2. The molecule has 0 fully saturated rings. The largest absolute Gasteiger partial charge is 0.384 e. The predicted molar refractivity (Wildman–Crippen MR) is 83.9 cm³/mol. The molecule has 1 unspecified atom stereocenters. The van der Waals surface area contributed by atoms with Crippen LogP contribution in [-0.4, -0.2) is 11.0 Å². The van der Waals surface area contributed by atoms with Crippen molar-refractivity contribution in [2.75, 3.05) is 5.32 Å². The van der Waals surface area contributed by atoms with Crippen LogP contribution < -0.4 is 5.32 Å². The zero-order valence-electron chi connectivity index (χ0n) is 11.1. The molecular formula is C16H13Cl2NO2. The van der Waals surface area contributed by atoms with Gasteiger partial charge in [0, 0.05) is 27.7 Å². The van der Waals surface area contributed by atoms with Gasteiger partial charge >= 0.3 is 0 Å². The summed E-state index contributed by atoms with van der Waals surface area (Å²) in [5.41, 5.74) is 3.13. The monoisotopic (exact) mass is 321 g/mol. The van der Waals surface area contributed by atoms with E-state index in [1.54, 1.807) is 24.3 Å². The minimum atomic E-state index is -0.848. The number of halogens is 2. The average Bonchev–Trinajstić information content (AvgIpc) is 2.48. The summed E-state index contributed by atoms with van der Waals surface area (Å²) in [6.07, 6.45) is 0.286. The summed E-state index contributed by atoms with van der Waals surface area (Å²) in [5.74, 6) is 0.0219. The van der Waals surface area contributed by atoms with E-state index in [9.17, 15) is 9.90 Å². The van der Waals surface area contributed by atoms with E-state index in [0.717, 1.165) is 16.8 Å². The normalized spacial score (nSPS) is 15.3. The number of carbonyl (C=O) groups is 1. The summed E-state index contributed by atoms with van der Waals surface area (Å²) in [6.45, 7) is 0. The van der Waals surface area contributed by atoms with Gasteiger partial charge in [0.05, 0.1) is 0 Å². The first-order valence-corrected chi connectivity index (χ1v) is 7.36. The van der Waals surface area contributed by atoms with Gasteiger partial charge in [-0.3, -0.25) is 4.79 Å². The SMILES string of the molecule is O=C1CCc2cc(C(O)c3cc(Cl)ccc3Cl)ccc2N1. The van der Waals surface area contributed by atoms with E-state index in [1.165, 1.54) is 0 Å². The number of aryl methyl sites for hydroxylation is 1. The van der Waals surface area contributed by atoms with Crippen LogP contribution in [0.25, 0.3) is 0 Å². The lowest BCUT2D eigenvalue weighted by atomic mass is 9.95. The number of nitrogens with one attached hydrogen (secondary N) is 1. The molecule has 0 spiro atoms. The number of hydrogen-bond donors (Lipinski definition) is 2. The molecule has 2 aromatic rings. The van der Waals surface area contributed by atoms with Gasteiger partial charge in [0.2, 0.25) is 5.91 Å². The summed E-state index contributed by atoms with van der Waals surface area (Å²) < 4.78 is 0. The Morgan fingerprint density at radius 2 is 1.90 bits per heavy atom. The molecule has 2 N–H and O–H groups in total. The highest BCUT2D eigenvalue weighted by molar-refractivity contribution is 6.33. The molecule has 3 rings (SSSR count). The van der Waals surface area contributed by atoms with Gasteiger partial charge in [-0.25, -0.2) is 0 Å². The number of rotatable bonds is 2. The van der Waals surface area contributed by atoms with Gasteiger partial charge in [-0.1, -0.05) is 35.3 Å². The fourth-order valence-corrected chi connectivity index (χ4v) is 2.88. The molecule has 1 aliphatic heterocycles. The highest BCUT2D eigenvalue weighted by Crippen LogP contribution is 2.33. The molecule has 1 amide bonds. The fourth-order valence-electron chi connectivity index (χ4n) is 2.48. The summed E-state index contributed by atoms with van der Waals surface area (Å²) in [7, 11) is 0. The van der Waals surface area contributed by atoms with Gasteiger partial charge < -0.3 is 10.4 Å². The number of carbonyl (C=O) groups excluding carboxylic acids is 1. The van der Waals surface area contributed by atoms with E-state index < -0.39 is 6.10 Å². The number of aliphatic hydroxyl groups is 1. The smallest absolute Gasteiger partial charge is 0.224 e. The van der Waals surface area contributed by atoms with Crippen molar-refractivity contribution in [3.63, 3.8) is 0 Å². The van der Waals surface area contributed by atoms with Crippen molar-refractivity contribution in [3.8, 4) is 0 Å². The van der Waals surface area contributed by atoms with Crippen molar-refractivity contribution in [2.24, 2.45) is 0 Å². The molecule has 0 bridgehead atoms. The van der Waals surface area contributed by atoms with Crippen LogP contribution in [0.15, 0.2) is 36.4 Å². The molecule has 21 heavy (non-hydrogen) atoms. The number of amides is 1. The summed E-state index contributed by atoms with van der Waals surface area (Å²) in [6, 6.07) is 10.5. The third-order valence-corrected chi connectivity index (χ3v) is 4.17. The van der Waals surface area contributed by atoms with Crippen LogP contribution in [0.3, 0.4) is 0 Å². The van der Waals surface area contributed by atoms with Crippen molar-refractivity contribution >= 4 is 34.8 Å². The van der Waals surface area contributed by atoms with Crippen molar-refractivity contribution < 1.29 is 9.90 Å². The lowest BCUT2D eigenvalue weighted by Crippen LogP contribution is -2.19. The van der Waals surface area contributed by atoms with E-state index in [4.69, 9.17) is 23.2 Å². The quantitative estimate of drug-likeness (QED) is 0.879. The number of benzene rings is 2. The van der Waals surface area contributed by atoms with Gasteiger partial charge in [-0.05, 0) is 41.8 Å². The Hall–Kier alpha value is -1.55. The molecular weight excluding hydrogens is 309 g/mol. The second kappa shape index (κ2) is 5.68. The molecule has 1 aliphatic rings. The van der Waals surface area contributed by atoms with Gasteiger partial charge in [0.1, 0.15) is 6.10 Å². The first kappa shape index (κ1) is 14.4. The zero-order chi connectivity index (χ0) is 15.0. The fraction of sp³-hybridized carbons (Fsp3) is 0.188. The minimum Gasteiger partial charge on any atom is -0.384 e. The molecule has 3 nitrogen and oxygen atoms in total. The number of aliphatic hydroxyl groups excluding tert-OH is 1. The molecule has 0 aliphatic carbocycles. The van der Waals surface area contributed by atoms with E-state index in [0.29, 0.717) is 28.5 Å². The molecule has 0 saturated carbocycles. The minimum absolute atomic E-state index is 0.0219. The Balaban J connectivity index is 1.97. The summed E-state index contributed by atoms with van der Waals surface area (Å²) >= 11 is 12.1. The van der Waals surface area contributed by atoms with Crippen LogP contribution in [0, 0.1) is 0 Å².